The molecule has 0 spiro atoms. The number of ether oxygens (including phenoxy) is 1. The number of hydrogen-bond acceptors (Lipinski definition) is 12. The number of piperidine rings is 1. The van der Waals surface area contributed by atoms with Crippen LogP contribution in [0.3, 0.4) is 0 Å². The molecule has 1 saturated carbocycles. The normalized spacial score (nSPS) is 26.7. The molecule has 12 nitrogen and oxygen atoms in total. The van der Waals surface area contributed by atoms with Gasteiger partial charge in [-0.1, -0.05) is 83.1 Å². The van der Waals surface area contributed by atoms with E-state index in [-0.39, 0.29) is 0 Å². The average molecular weight is 917 g/mol. The first kappa shape index (κ1) is 55.4. The molecule has 8 fully saturated rings. The lowest BCUT2D eigenvalue weighted by Crippen LogP contribution is -2.58. The van der Waals surface area contributed by atoms with Gasteiger partial charge >= 0.3 is 0 Å². The van der Waals surface area contributed by atoms with Crippen molar-refractivity contribution in [3.05, 3.63) is 0 Å². The monoisotopic (exact) mass is 916 g/mol. The topological polar surface area (TPSA) is 44.9 Å². The summed E-state index contributed by atoms with van der Waals surface area (Å²) in [5, 5.41) is 5.14. The summed E-state index contributed by atoms with van der Waals surface area (Å²) in [7, 11) is 4.47. The van der Waals surface area contributed by atoms with Crippen LogP contribution in [0.5, 0.6) is 0 Å². The molecule has 0 aromatic rings. The molecule has 65 heavy (non-hydrogen) atoms. The van der Waals surface area contributed by atoms with Crippen molar-refractivity contribution >= 4 is 0 Å². The third kappa shape index (κ3) is 22.0. The summed E-state index contributed by atoms with van der Waals surface area (Å²) in [4.78, 5) is 23.4. The molecule has 0 N–H and O–H groups in total. The molecule has 0 bridgehead atoms. The maximum atomic E-state index is 5.24. The van der Waals surface area contributed by atoms with Crippen molar-refractivity contribution in [3.8, 4) is 0 Å². The summed E-state index contributed by atoms with van der Waals surface area (Å²) in [6.45, 7) is 62.3. The lowest BCUT2D eigenvalue weighted by Gasteiger charge is -2.45. The lowest BCUT2D eigenvalue weighted by molar-refractivity contribution is -0.0813. The van der Waals surface area contributed by atoms with Crippen LogP contribution in [0.4, 0.5) is 0 Å². The van der Waals surface area contributed by atoms with Crippen LogP contribution in [-0.2, 0) is 4.74 Å². The minimum absolute atomic E-state index is 0.427. The molecule has 8 rings (SSSR count). The molecule has 0 amide bonds. The van der Waals surface area contributed by atoms with Gasteiger partial charge in [0.25, 0.3) is 0 Å². The summed E-state index contributed by atoms with van der Waals surface area (Å²) in [5.41, 5.74) is 1.76. The van der Waals surface area contributed by atoms with E-state index in [1.54, 1.807) is 0 Å². The molecule has 8 aliphatic rings. The highest BCUT2D eigenvalue weighted by Crippen LogP contribution is 2.28. The van der Waals surface area contributed by atoms with Gasteiger partial charge in [-0.3, -0.25) is 14.7 Å². The minimum atomic E-state index is 0.427. The van der Waals surface area contributed by atoms with Crippen molar-refractivity contribution in [1.82, 2.24) is 54.1 Å². The number of likely N-dealkylation sites (tertiary alicyclic amines) is 1. The molecule has 0 radical (unpaired) electrons. The second kappa shape index (κ2) is 25.6. The SMILES string of the molecule is CC(C)(C)CN1CCN(C2CC2)CC1.CC(C)(C)CN1CCN(C2COC2)CC1.CN1CCC(N2CCN(CC(C)(C)C)CC2)CC1.CN1CCN(N2CCN(CC(C)(C)C)CC2)CC1. The predicted molar refractivity (Wildman–Crippen MR) is 277 cm³/mol. The fourth-order valence-corrected chi connectivity index (χ4v) is 11.0. The number of likely N-dealkylation sites (N-methyl/N-ethyl adjacent to an activating group) is 1. The Morgan fingerprint density at radius 1 is 0.308 bits per heavy atom. The van der Waals surface area contributed by atoms with Crippen LogP contribution >= 0.6 is 0 Å². The van der Waals surface area contributed by atoms with Gasteiger partial charge < -0.3 is 34.1 Å². The van der Waals surface area contributed by atoms with E-state index < -0.39 is 0 Å². The molecule has 382 valence electrons. The van der Waals surface area contributed by atoms with Gasteiger partial charge in [0.15, 0.2) is 0 Å². The molecular weight excluding hydrogens is 807 g/mol. The highest BCUT2D eigenvalue weighted by molar-refractivity contribution is 4.89. The van der Waals surface area contributed by atoms with Crippen molar-refractivity contribution in [3.63, 3.8) is 0 Å². The Morgan fingerprint density at radius 2 is 0.569 bits per heavy atom. The largest absolute Gasteiger partial charge is 0.378 e. The standard InChI is InChI=1S/C15H31N3.C14H30N4.C12H24N2O.C12H24N2/c1-15(2,3)13-17-9-11-18(12-10-17)14-5-7-16(4)8-6-14;1-14(2,3)13-16-7-11-18(12-8-16)17-9-5-15(4)6-10-17;1-12(2,3)10-13-4-6-14(7-5-13)11-8-15-9-11;1-12(2,3)10-13-6-8-14(9-7-13)11-4-5-11/h14H,5-13H2,1-4H3;5-13H2,1-4H3;11H,4-10H2,1-3H3;11H,4-10H2,1-3H3. The van der Waals surface area contributed by atoms with Crippen molar-refractivity contribution in [2.24, 2.45) is 21.7 Å². The van der Waals surface area contributed by atoms with E-state index in [2.05, 4.69) is 151 Å². The molecule has 12 heteroatoms. The van der Waals surface area contributed by atoms with E-state index in [0.29, 0.717) is 21.7 Å². The number of rotatable bonds is 8. The van der Waals surface area contributed by atoms with Crippen LogP contribution in [0.25, 0.3) is 0 Å². The van der Waals surface area contributed by atoms with E-state index in [1.165, 1.54) is 196 Å². The molecule has 7 aliphatic heterocycles. The Labute approximate surface area is 403 Å². The maximum absolute atomic E-state index is 5.24. The van der Waals surface area contributed by atoms with Crippen molar-refractivity contribution in [2.45, 2.75) is 127 Å². The first-order valence-corrected chi connectivity index (χ1v) is 27.0. The maximum Gasteiger partial charge on any atom is 0.0645 e. The van der Waals surface area contributed by atoms with Gasteiger partial charge in [0.05, 0.1) is 19.3 Å². The van der Waals surface area contributed by atoms with E-state index in [9.17, 15) is 0 Å². The smallest absolute Gasteiger partial charge is 0.0645 e. The van der Waals surface area contributed by atoms with E-state index >= 15 is 0 Å². The van der Waals surface area contributed by atoms with E-state index in [0.717, 1.165) is 31.3 Å². The fourth-order valence-electron chi connectivity index (χ4n) is 11.0. The Balaban J connectivity index is 0.000000164. The minimum Gasteiger partial charge on any atom is -0.378 e. The third-order valence-corrected chi connectivity index (χ3v) is 14.6. The van der Waals surface area contributed by atoms with E-state index in [4.69, 9.17) is 4.74 Å². The number of hydrogen-bond donors (Lipinski definition) is 0. The highest BCUT2D eigenvalue weighted by Gasteiger charge is 2.33. The molecule has 0 atom stereocenters. The van der Waals surface area contributed by atoms with Crippen molar-refractivity contribution in [1.29, 1.82) is 0 Å². The molecule has 7 heterocycles. The van der Waals surface area contributed by atoms with Crippen LogP contribution in [0.2, 0.25) is 0 Å². The molecule has 7 saturated heterocycles. The van der Waals surface area contributed by atoms with E-state index in [1.807, 2.05) is 0 Å². The third-order valence-electron chi connectivity index (χ3n) is 14.6. The Kier molecular flexibility index (Phi) is 21.8. The summed E-state index contributed by atoms with van der Waals surface area (Å²) >= 11 is 0. The quantitative estimate of drug-likeness (QED) is 0.313. The van der Waals surface area contributed by atoms with Gasteiger partial charge in [0.2, 0.25) is 0 Å². The zero-order valence-electron chi connectivity index (χ0n) is 45.7. The van der Waals surface area contributed by atoms with Gasteiger partial charge in [-0.15, -0.1) is 0 Å². The van der Waals surface area contributed by atoms with Crippen LogP contribution in [0.15, 0.2) is 0 Å². The van der Waals surface area contributed by atoms with Crippen LogP contribution < -0.4 is 0 Å². The zero-order valence-corrected chi connectivity index (χ0v) is 45.7. The number of hydrazine groups is 1. The molecule has 0 aromatic heterocycles. The molecule has 0 aromatic carbocycles. The summed E-state index contributed by atoms with van der Waals surface area (Å²) < 4.78 is 5.24. The number of nitrogens with zero attached hydrogens (tertiary/aromatic N) is 11. The van der Waals surface area contributed by atoms with Gasteiger partial charge in [0, 0.05) is 169 Å². The average Bonchev–Trinajstić information content (AvgIpc) is 4.04. The molecule has 1 aliphatic carbocycles. The lowest BCUT2D eigenvalue weighted by atomic mass is 9.95. The van der Waals surface area contributed by atoms with Crippen molar-refractivity contribution in [2.75, 3.05) is 197 Å². The second-order valence-corrected chi connectivity index (χ2v) is 26.6. The molecule has 0 unspecified atom stereocenters. The van der Waals surface area contributed by atoms with Crippen LogP contribution in [0.1, 0.15) is 109 Å². The van der Waals surface area contributed by atoms with Gasteiger partial charge in [-0.2, -0.15) is 0 Å². The van der Waals surface area contributed by atoms with Gasteiger partial charge in [-0.05, 0) is 74.5 Å². The first-order valence-electron chi connectivity index (χ1n) is 27.0. The zero-order chi connectivity index (χ0) is 47.4. The summed E-state index contributed by atoms with van der Waals surface area (Å²) in [6.07, 6.45) is 5.66. The predicted octanol–water partition coefficient (Wildman–Crippen LogP) is 5.42. The van der Waals surface area contributed by atoms with Crippen molar-refractivity contribution < 1.29 is 4.74 Å². The Morgan fingerprint density at radius 3 is 0.846 bits per heavy atom. The number of piperazine rings is 5. The first-order chi connectivity index (χ1) is 30.5. The fraction of sp³-hybridized carbons (Fsp3) is 1.00. The van der Waals surface area contributed by atoms with Crippen LogP contribution in [-0.4, -0.2) is 270 Å². The second-order valence-electron chi connectivity index (χ2n) is 26.6. The Bertz CT molecular complexity index is 1210. The summed E-state index contributed by atoms with van der Waals surface area (Å²) in [5.74, 6) is 0. The molecular formula is C53H109N11O. The van der Waals surface area contributed by atoms with Gasteiger partial charge in [0.1, 0.15) is 0 Å². The van der Waals surface area contributed by atoms with Gasteiger partial charge in [-0.25, -0.2) is 10.0 Å². The van der Waals surface area contributed by atoms with Crippen LogP contribution in [0, 0.1) is 21.7 Å². The Hall–Kier alpha value is -0.480. The summed E-state index contributed by atoms with van der Waals surface area (Å²) in [6, 6.07) is 2.55. The highest BCUT2D eigenvalue weighted by atomic mass is 16.5.